The molecular weight excluding hydrogens is 470 g/mol. The van der Waals surface area contributed by atoms with Gasteiger partial charge in [0.25, 0.3) is 5.56 Å². The van der Waals surface area contributed by atoms with E-state index in [4.69, 9.17) is 0 Å². The van der Waals surface area contributed by atoms with Crippen LogP contribution in [0, 0.1) is 13.8 Å². The number of piperazine rings is 1. The minimum atomic E-state index is -3.71. The maximum atomic E-state index is 13.0. The second-order valence-electron chi connectivity index (χ2n) is 8.86. The van der Waals surface area contributed by atoms with Crippen LogP contribution in [0.15, 0.2) is 34.0 Å². The van der Waals surface area contributed by atoms with Crippen LogP contribution in [0.2, 0.25) is 0 Å². The molecule has 4 rings (SSSR count). The number of amides is 1. The minimum Gasteiger partial charge on any atom is -0.340 e. The number of fused-ring (bicyclic) bond motifs is 1. The van der Waals surface area contributed by atoms with E-state index in [2.05, 4.69) is 10.1 Å². The molecule has 2 aromatic heterocycles. The number of nitrogens with zero attached hydrogens (tertiary/aromatic N) is 4. The Morgan fingerprint density at radius 3 is 2.29 bits per heavy atom. The maximum absolute atomic E-state index is 13.0. The van der Waals surface area contributed by atoms with Gasteiger partial charge in [-0.2, -0.15) is 9.40 Å². The molecule has 3 aromatic rings. The Bertz CT molecular complexity index is 1460. The maximum Gasteiger partial charge on any atom is 0.253 e. The Morgan fingerprint density at radius 2 is 1.69 bits per heavy atom. The molecule has 1 N–H and O–H groups in total. The molecule has 1 aromatic carbocycles. The first-order valence-corrected chi connectivity index (χ1v) is 12.9. The number of rotatable bonds is 6. The zero-order valence-corrected chi connectivity index (χ0v) is 21.1. The van der Waals surface area contributed by atoms with E-state index in [1.165, 1.54) is 35.5 Å². The molecule has 1 amide bonds. The first-order chi connectivity index (χ1) is 16.5. The van der Waals surface area contributed by atoms with Crippen molar-refractivity contribution in [3.8, 4) is 0 Å². The molecule has 186 valence electrons. The van der Waals surface area contributed by atoms with Crippen LogP contribution in [0.25, 0.3) is 11.0 Å². The van der Waals surface area contributed by atoms with Crippen LogP contribution in [0.3, 0.4) is 0 Å². The highest BCUT2D eigenvalue weighted by Crippen LogP contribution is 2.22. The summed E-state index contributed by atoms with van der Waals surface area (Å²) < 4.78 is 28.9. The highest BCUT2D eigenvalue weighted by molar-refractivity contribution is 7.89. The summed E-state index contributed by atoms with van der Waals surface area (Å²) in [5.74, 6) is -0.247. The topological polar surface area (TPSA) is 125 Å². The summed E-state index contributed by atoms with van der Waals surface area (Å²) in [6.45, 7) is 6.10. The Hall–Kier alpha value is -3.31. The number of aromatic nitrogens is 3. The summed E-state index contributed by atoms with van der Waals surface area (Å²) in [6, 6.07) is 5.88. The van der Waals surface area contributed by atoms with Crippen LogP contribution < -0.4 is 5.56 Å². The summed E-state index contributed by atoms with van der Waals surface area (Å²) in [7, 11) is -1.94. The molecule has 0 bridgehead atoms. The molecule has 0 saturated carbocycles. The van der Waals surface area contributed by atoms with Crippen molar-refractivity contribution in [3.05, 3.63) is 57.0 Å². The van der Waals surface area contributed by atoms with Gasteiger partial charge in [-0.3, -0.25) is 19.1 Å². The number of nitrogens with one attached hydrogen (secondary N) is 1. The molecular formula is C24H29N5O5S. The zero-order chi connectivity index (χ0) is 25.5. The number of H-pyrrole nitrogens is 1. The molecule has 1 aliphatic rings. The van der Waals surface area contributed by atoms with Crippen molar-refractivity contribution in [2.24, 2.45) is 7.05 Å². The standard InChI is InChI=1S/C24H29N5O5S/c1-15-20(24(32)25-23-22(15)16(2)26-27(23)4)9-10-21(31)28-11-13-29(14-12-28)35(33,34)19-7-5-18(6-8-19)17(3)30/h5-8H,9-14H2,1-4H3,(H,25,32). The fourth-order valence-electron chi connectivity index (χ4n) is 4.63. The van der Waals surface area contributed by atoms with Crippen LogP contribution >= 0.6 is 0 Å². The third kappa shape index (κ3) is 4.65. The Labute approximate surface area is 203 Å². The third-order valence-electron chi connectivity index (χ3n) is 6.63. The fraction of sp³-hybridized carbons (Fsp3) is 0.417. The molecule has 0 spiro atoms. The van der Waals surface area contributed by atoms with Gasteiger partial charge in [-0.1, -0.05) is 12.1 Å². The summed E-state index contributed by atoms with van der Waals surface area (Å²) in [4.78, 5) is 41.6. The summed E-state index contributed by atoms with van der Waals surface area (Å²) >= 11 is 0. The summed E-state index contributed by atoms with van der Waals surface area (Å²) in [5, 5.41) is 5.26. The number of ketones is 1. The van der Waals surface area contributed by atoms with Crippen LogP contribution in [0.1, 0.15) is 40.5 Å². The third-order valence-corrected chi connectivity index (χ3v) is 8.55. The number of benzene rings is 1. The van der Waals surface area contributed by atoms with Crippen molar-refractivity contribution < 1.29 is 18.0 Å². The molecule has 1 fully saturated rings. The number of carbonyl (C=O) groups is 2. The molecule has 1 saturated heterocycles. The molecule has 3 heterocycles. The Kier molecular flexibility index (Phi) is 6.65. The smallest absolute Gasteiger partial charge is 0.253 e. The predicted molar refractivity (Wildman–Crippen MR) is 131 cm³/mol. The van der Waals surface area contributed by atoms with Crippen LogP contribution in [-0.2, 0) is 28.3 Å². The van der Waals surface area contributed by atoms with E-state index < -0.39 is 10.0 Å². The van der Waals surface area contributed by atoms with E-state index in [1.54, 1.807) is 16.6 Å². The average molecular weight is 500 g/mol. The van der Waals surface area contributed by atoms with Gasteiger partial charge in [-0.15, -0.1) is 0 Å². The first-order valence-electron chi connectivity index (χ1n) is 11.4. The van der Waals surface area contributed by atoms with Gasteiger partial charge in [0.05, 0.1) is 10.6 Å². The molecule has 35 heavy (non-hydrogen) atoms. The number of hydrogen-bond donors (Lipinski definition) is 1. The average Bonchev–Trinajstić information content (AvgIpc) is 3.11. The number of aryl methyl sites for hydroxylation is 3. The van der Waals surface area contributed by atoms with Crippen molar-refractivity contribution >= 4 is 32.7 Å². The Morgan fingerprint density at radius 1 is 1.06 bits per heavy atom. The van der Waals surface area contributed by atoms with Gasteiger partial charge < -0.3 is 9.88 Å². The highest BCUT2D eigenvalue weighted by Gasteiger charge is 2.30. The Balaban J connectivity index is 1.40. The van der Waals surface area contributed by atoms with Gasteiger partial charge in [-0.25, -0.2) is 8.42 Å². The fourth-order valence-corrected chi connectivity index (χ4v) is 6.06. The van der Waals surface area contributed by atoms with Crippen molar-refractivity contribution in [3.63, 3.8) is 0 Å². The lowest BCUT2D eigenvalue weighted by Crippen LogP contribution is -2.50. The van der Waals surface area contributed by atoms with Crippen molar-refractivity contribution in [1.29, 1.82) is 0 Å². The number of Topliss-reactive ketones (excluding diaryl/α,β-unsaturated/α-hetero) is 1. The lowest BCUT2D eigenvalue weighted by atomic mass is 10.0. The molecule has 0 radical (unpaired) electrons. The van der Waals surface area contributed by atoms with E-state index >= 15 is 0 Å². The lowest BCUT2D eigenvalue weighted by molar-refractivity contribution is -0.132. The first kappa shape index (κ1) is 24.8. The summed E-state index contributed by atoms with van der Waals surface area (Å²) in [5.41, 5.74) is 3.10. The molecule has 10 nitrogen and oxygen atoms in total. The molecule has 0 aliphatic carbocycles. The number of pyridine rings is 1. The van der Waals surface area contributed by atoms with Gasteiger partial charge in [0.15, 0.2) is 5.78 Å². The summed E-state index contributed by atoms with van der Waals surface area (Å²) in [6.07, 6.45) is 0.458. The number of carbonyl (C=O) groups excluding carboxylic acids is 2. The minimum absolute atomic E-state index is 0.116. The van der Waals surface area contributed by atoms with Crippen molar-refractivity contribution in [2.75, 3.05) is 26.2 Å². The van der Waals surface area contributed by atoms with E-state index in [-0.39, 0.29) is 54.7 Å². The van der Waals surface area contributed by atoms with Gasteiger partial charge in [-0.05, 0) is 44.9 Å². The van der Waals surface area contributed by atoms with E-state index in [9.17, 15) is 22.8 Å². The van der Waals surface area contributed by atoms with E-state index in [1.807, 2.05) is 13.8 Å². The predicted octanol–water partition coefficient (Wildman–Crippen LogP) is 1.55. The molecule has 0 atom stereocenters. The molecule has 1 aliphatic heterocycles. The molecule has 0 unspecified atom stereocenters. The van der Waals surface area contributed by atoms with E-state index in [0.717, 1.165) is 16.6 Å². The quantitative estimate of drug-likeness (QED) is 0.513. The van der Waals surface area contributed by atoms with Crippen molar-refractivity contribution in [2.45, 2.75) is 38.5 Å². The SMILES string of the molecule is CC(=O)c1ccc(S(=O)(=O)N2CCN(C(=O)CCc3c(C)c4c(C)nn(C)c4[nH]c3=O)CC2)cc1. The van der Waals surface area contributed by atoms with Crippen LogP contribution in [0.5, 0.6) is 0 Å². The second-order valence-corrected chi connectivity index (χ2v) is 10.8. The molecule has 11 heteroatoms. The van der Waals surface area contributed by atoms with Gasteiger partial charge in [0, 0.05) is 56.2 Å². The number of sulfonamides is 1. The van der Waals surface area contributed by atoms with Crippen LogP contribution in [0.4, 0.5) is 0 Å². The van der Waals surface area contributed by atoms with Gasteiger partial charge in [0.2, 0.25) is 15.9 Å². The van der Waals surface area contributed by atoms with Gasteiger partial charge in [0.1, 0.15) is 5.65 Å². The van der Waals surface area contributed by atoms with Crippen molar-refractivity contribution in [1.82, 2.24) is 24.0 Å². The largest absolute Gasteiger partial charge is 0.340 e. The normalized spacial score (nSPS) is 15.0. The monoisotopic (exact) mass is 499 g/mol. The lowest BCUT2D eigenvalue weighted by Gasteiger charge is -2.34. The highest BCUT2D eigenvalue weighted by atomic mass is 32.2. The number of aromatic amines is 1. The second kappa shape index (κ2) is 9.38. The number of hydrogen-bond acceptors (Lipinski definition) is 6. The van der Waals surface area contributed by atoms with Gasteiger partial charge >= 0.3 is 0 Å². The van der Waals surface area contributed by atoms with E-state index in [0.29, 0.717) is 23.2 Å². The van der Waals surface area contributed by atoms with Crippen LogP contribution in [-0.4, -0.2) is 70.3 Å². The zero-order valence-electron chi connectivity index (χ0n) is 20.3.